The largest absolute Gasteiger partial charge is 0.506 e. The third-order valence-electron chi connectivity index (χ3n) is 2.47. The molecule has 0 aromatic carbocycles. The Labute approximate surface area is 95.9 Å². The monoisotopic (exact) mass is 224 g/mol. The van der Waals surface area contributed by atoms with Gasteiger partial charge in [-0.1, -0.05) is 27.7 Å². The minimum atomic E-state index is -0.234. The number of rotatable bonds is 4. The number of hydrogen-bond donors (Lipinski definition) is 1. The highest BCUT2D eigenvalue weighted by Gasteiger charge is 2.11. The maximum atomic E-state index is 11.6. The van der Waals surface area contributed by atoms with E-state index in [1.54, 1.807) is 0 Å². The smallest absolute Gasteiger partial charge is 0.270 e. The lowest BCUT2D eigenvalue weighted by molar-refractivity contribution is 0.425. The second-order valence-electron chi connectivity index (χ2n) is 4.81. The Kier molecular flexibility index (Phi) is 4.10. The van der Waals surface area contributed by atoms with Crippen LogP contribution in [-0.4, -0.2) is 14.9 Å². The summed E-state index contributed by atoms with van der Waals surface area (Å²) in [4.78, 5) is 11.6. The lowest BCUT2D eigenvalue weighted by atomic mass is 10.1. The van der Waals surface area contributed by atoms with E-state index in [0.717, 1.165) is 6.42 Å². The summed E-state index contributed by atoms with van der Waals surface area (Å²) < 4.78 is 1.44. The minimum Gasteiger partial charge on any atom is -0.506 e. The Hall–Kier alpha value is -1.32. The van der Waals surface area contributed by atoms with E-state index >= 15 is 0 Å². The number of aromatic hydroxyl groups is 1. The van der Waals surface area contributed by atoms with E-state index in [4.69, 9.17) is 0 Å². The molecule has 0 aliphatic rings. The molecule has 1 aromatic heterocycles. The van der Waals surface area contributed by atoms with Gasteiger partial charge < -0.3 is 5.11 Å². The molecule has 0 aliphatic carbocycles. The van der Waals surface area contributed by atoms with Gasteiger partial charge in [-0.2, -0.15) is 5.10 Å². The molecule has 0 unspecified atom stereocenters. The van der Waals surface area contributed by atoms with Gasteiger partial charge in [0.15, 0.2) is 0 Å². The SMILES string of the molecule is CC(C)CCn1nc(C(C)C)c(O)cc1=O. The highest BCUT2D eigenvalue weighted by Crippen LogP contribution is 2.20. The van der Waals surface area contributed by atoms with Crippen molar-refractivity contribution >= 4 is 0 Å². The quantitative estimate of drug-likeness (QED) is 0.852. The number of nitrogens with zero attached hydrogens (tertiary/aromatic N) is 2. The van der Waals surface area contributed by atoms with Crippen LogP contribution in [0.25, 0.3) is 0 Å². The van der Waals surface area contributed by atoms with Gasteiger partial charge in [-0.05, 0) is 12.3 Å². The summed E-state index contributed by atoms with van der Waals surface area (Å²) in [5.74, 6) is 0.650. The topological polar surface area (TPSA) is 55.1 Å². The molecular weight excluding hydrogens is 204 g/mol. The van der Waals surface area contributed by atoms with Crippen LogP contribution in [0.4, 0.5) is 0 Å². The van der Waals surface area contributed by atoms with Crippen molar-refractivity contribution in [2.24, 2.45) is 5.92 Å². The van der Waals surface area contributed by atoms with Crippen LogP contribution in [0.1, 0.15) is 45.7 Å². The van der Waals surface area contributed by atoms with Crippen LogP contribution in [-0.2, 0) is 6.54 Å². The number of hydrogen-bond acceptors (Lipinski definition) is 3. The second-order valence-corrected chi connectivity index (χ2v) is 4.81. The molecule has 0 saturated heterocycles. The maximum absolute atomic E-state index is 11.6. The molecular formula is C12H20N2O2. The Morgan fingerprint density at radius 2 is 2.00 bits per heavy atom. The molecule has 1 aromatic rings. The van der Waals surface area contributed by atoms with E-state index in [1.165, 1.54) is 10.7 Å². The minimum absolute atomic E-state index is 0.000738. The Morgan fingerprint density at radius 3 is 2.50 bits per heavy atom. The Bertz CT molecular complexity index is 408. The number of aryl methyl sites for hydroxylation is 1. The fourth-order valence-corrected chi connectivity index (χ4v) is 1.45. The standard InChI is InChI=1S/C12H20N2O2/c1-8(2)5-6-14-11(16)7-10(15)12(13-14)9(3)4/h7-9,15H,5-6H2,1-4H3. The van der Waals surface area contributed by atoms with E-state index in [2.05, 4.69) is 18.9 Å². The molecule has 16 heavy (non-hydrogen) atoms. The van der Waals surface area contributed by atoms with Crippen LogP contribution < -0.4 is 5.56 Å². The molecule has 0 fully saturated rings. The lowest BCUT2D eigenvalue weighted by Crippen LogP contribution is -2.24. The van der Waals surface area contributed by atoms with Crippen molar-refractivity contribution < 1.29 is 5.11 Å². The van der Waals surface area contributed by atoms with Crippen molar-refractivity contribution in [3.05, 3.63) is 22.1 Å². The summed E-state index contributed by atoms with van der Waals surface area (Å²) in [5.41, 5.74) is 0.353. The molecule has 0 atom stereocenters. The van der Waals surface area contributed by atoms with Crippen LogP contribution in [0.15, 0.2) is 10.9 Å². The van der Waals surface area contributed by atoms with E-state index < -0.39 is 0 Å². The van der Waals surface area contributed by atoms with Crippen LogP contribution in [0.2, 0.25) is 0 Å². The third-order valence-corrected chi connectivity index (χ3v) is 2.47. The zero-order chi connectivity index (χ0) is 12.3. The summed E-state index contributed by atoms with van der Waals surface area (Å²) in [7, 11) is 0. The van der Waals surface area contributed by atoms with Gasteiger partial charge in [-0.25, -0.2) is 4.68 Å². The van der Waals surface area contributed by atoms with Crippen molar-refractivity contribution in [3.8, 4) is 5.75 Å². The third kappa shape index (κ3) is 3.08. The van der Waals surface area contributed by atoms with Crippen molar-refractivity contribution in [3.63, 3.8) is 0 Å². The predicted molar refractivity (Wildman–Crippen MR) is 63.7 cm³/mol. The van der Waals surface area contributed by atoms with E-state index in [9.17, 15) is 9.90 Å². The first-order valence-corrected chi connectivity index (χ1v) is 5.72. The van der Waals surface area contributed by atoms with Crippen molar-refractivity contribution in [2.75, 3.05) is 0 Å². The van der Waals surface area contributed by atoms with Crippen molar-refractivity contribution in [2.45, 2.75) is 46.6 Å². The van der Waals surface area contributed by atoms with Crippen LogP contribution in [0, 0.1) is 5.92 Å². The molecule has 1 N–H and O–H groups in total. The van der Waals surface area contributed by atoms with Crippen LogP contribution in [0.5, 0.6) is 5.75 Å². The molecule has 0 saturated carbocycles. The van der Waals surface area contributed by atoms with Gasteiger partial charge in [0.25, 0.3) is 5.56 Å². The zero-order valence-corrected chi connectivity index (χ0v) is 10.4. The van der Waals surface area contributed by atoms with Crippen molar-refractivity contribution in [1.82, 2.24) is 9.78 Å². The maximum Gasteiger partial charge on any atom is 0.270 e. The number of aromatic nitrogens is 2. The van der Waals surface area contributed by atoms with Gasteiger partial charge in [-0.3, -0.25) is 4.79 Å². The Morgan fingerprint density at radius 1 is 1.38 bits per heavy atom. The summed E-state index contributed by atoms with van der Waals surface area (Å²) in [6, 6.07) is 1.25. The molecule has 90 valence electrons. The predicted octanol–water partition coefficient (Wildman–Crippen LogP) is 2.12. The van der Waals surface area contributed by atoms with E-state index in [-0.39, 0.29) is 17.2 Å². The van der Waals surface area contributed by atoms with Crippen LogP contribution in [0.3, 0.4) is 0 Å². The lowest BCUT2D eigenvalue weighted by Gasteiger charge is -2.11. The van der Waals surface area contributed by atoms with E-state index in [0.29, 0.717) is 18.2 Å². The van der Waals surface area contributed by atoms with Gasteiger partial charge in [0.1, 0.15) is 11.4 Å². The fraction of sp³-hybridized carbons (Fsp3) is 0.667. The molecule has 0 spiro atoms. The van der Waals surface area contributed by atoms with E-state index in [1.807, 2.05) is 13.8 Å². The first-order chi connectivity index (χ1) is 7.41. The van der Waals surface area contributed by atoms with Gasteiger partial charge in [0.05, 0.1) is 0 Å². The normalized spacial score (nSPS) is 11.4. The van der Waals surface area contributed by atoms with Gasteiger partial charge >= 0.3 is 0 Å². The summed E-state index contributed by atoms with van der Waals surface area (Å²) in [6.07, 6.45) is 0.912. The second kappa shape index (κ2) is 5.14. The molecule has 0 bridgehead atoms. The first kappa shape index (κ1) is 12.7. The molecule has 1 heterocycles. The molecule has 1 rings (SSSR count). The molecule has 0 amide bonds. The molecule has 0 aliphatic heterocycles. The molecule has 4 nitrogen and oxygen atoms in total. The highest BCUT2D eigenvalue weighted by atomic mass is 16.3. The zero-order valence-electron chi connectivity index (χ0n) is 10.4. The van der Waals surface area contributed by atoms with Crippen LogP contribution >= 0.6 is 0 Å². The summed E-state index contributed by atoms with van der Waals surface area (Å²) >= 11 is 0. The fourth-order valence-electron chi connectivity index (χ4n) is 1.45. The average Bonchev–Trinajstić information content (AvgIpc) is 2.15. The molecule has 0 radical (unpaired) electrons. The van der Waals surface area contributed by atoms with Gasteiger partial charge in [0.2, 0.25) is 0 Å². The van der Waals surface area contributed by atoms with Gasteiger partial charge in [-0.15, -0.1) is 0 Å². The summed E-state index contributed by atoms with van der Waals surface area (Å²) in [5, 5.41) is 13.8. The summed E-state index contributed by atoms with van der Waals surface area (Å²) in [6.45, 7) is 8.71. The average molecular weight is 224 g/mol. The first-order valence-electron chi connectivity index (χ1n) is 5.72. The van der Waals surface area contributed by atoms with Gasteiger partial charge in [0, 0.05) is 18.5 Å². The highest BCUT2D eigenvalue weighted by molar-refractivity contribution is 5.25. The molecule has 4 heteroatoms. The Balaban J connectivity index is 3.01. The van der Waals surface area contributed by atoms with Crippen molar-refractivity contribution in [1.29, 1.82) is 0 Å².